The number of aromatic hydroxyl groups is 1. The third-order valence-corrected chi connectivity index (χ3v) is 4.39. The second-order valence-corrected chi connectivity index (χ2v) is 6.73. The Hall–Kier alpha value is -3.05. The fourth-order valence-corrected chi connectivity index (χ4v) is 2.95. The van der Waals surface area contributed by atoms with E-state index in [1.165, 1.54) is 6.07 Å². The molecule has 1 aromatic heterocycles. The van der Waals surface area contributed by atoms with Gasteiger partial charge in [-0.1, -0.05) is 36.4 Å². The number of unbranched alkanes of at least 4 members (excludes halogenated alkanes) is 1. The van der Waals surface area contributed by atoms with Crippen molar-refractivity contribution in [2.45, 2.75) is 32.3 Å². The van der Waals surface area contributed by atoms with Crippen molar-refractivity contribution in [3.05, 3.63) is 72.3 Å². The standard InChI is InChI=1S/C23H23FN2O2/c1-16(27)7-3-2-4-8-17-14-25-23(26-15-17)21-10-6-5-9-19(21)20-12-11-18(28)13-22(20)24/h4-6,8-16,27-28H,2-3,7H2,1H3. The lowest BCUT2D eigenvalue weighted by Crippen LogP contribution is -1.97. The number of nitrogens with zero attached hydrogens (tertiary/aromatic N) is 2. The largest absolute Gasteiger partial charge is 0.508 e. The molecule has 0 aliphatic heterocycles. The monoisotopic (exact) mass is 378 g/mol. The second-order valence-electron chi connectivity index (χ2n) is 6.73. The molecule has 0 fully saturated rings. The lowest BCUT2D eigenvalue weighted by Gasteiger charge is -2.10. The van der Waals surface area contributed by atoms with Crippen LogP contribution >= 0.6 is 0 Å². The number of halogens is 1. The van der Waals surface area contributed by atoms with Gasteiger partial charge in [0, 0.05) is 35.2 Å². The van der Waals surface area contributed by atoms with Crippen LogP contribution in [0.5, 0.6) is 5.75 Å². The number of phenols is 1. The lowest BCUT2D eigenvalue weighted by molar-refractivity contribution is 0.182. The van der Waals surface area contributed by atoms with Crippen LogP contribution < -0.4 is 0 Å². The Balaban J connectivity index is 1.80. The molecule has 2 aromatic carbocycles. The summed E-state index contributed by atoms with van der Waals surface area (Å²) >= 11 is 0. The van der Waals surface area contributed by atoms with Gasteiger partial charge in [-0.2, -0.15) is 0 Å². The molecule has 0 aliphatic rings. The quantitative estimate of drug-likeness (QED) is 0.553. The van der Waals surface area contributed by atoms with E-state index in [2.05, 4.69) is 9.97 Å². The predicted octanol–water partition coefficient (Wildman–Crippen LogP) is 5.22. The number of aliphatic hydroxyl groups excluding tert-OH is 1. The molecule has 144 valence electrons. The topological polar surface area (TPSA) is 66.2 Å². The predicted molar refractivity (Wildman–Crippen MR) is 109 cm³/mol. The maximum atomic E-state index is 14.3. The first kappa shape index (κ1) is 19.7. The van der Waals surface area contributed by atoms with Crippen LogP contribution in [0.2, 0.25) is 0 Å². The van der Waals surface area contributed by atoms with Crippen molar-refractivity contribution >= 4 is 6.08 Å². The van der Waals surface area contributed by atoms with Crippen LogP contribution in [0.3, 0.4) is 0 Å². The number of hydrogen-bond acceptors (Lipinski definition) is 4. The number of allylic oxidation sites excluding steroid dienone is 1. The summed E-state index contributed by atoms with van der Waals surface area (Å²) < 4.78 is 14.3. The van der Waals surface area contributed by atoms with Crippen LogP contribution in [0, 0.1) is 5.82 Å². The third-order valence-electron chi connectivity index (χ3n) is 4.39. The number of phenolic OH excluding ortho intramolecular Hbond substituents is 1. The van der Waals surface area contributed by atoms with Crippen molar-refractivity contribution in [2.75, 3.05) is 0 Å². The van der Waals surface area contributed by atoms with Gasteiger partial charge in [0.1, 0.15) is 11.6 Å². The van der Waals surface area contributed by atoms with Crippen LogP contribution in [0.15, 0.2) is 60.9 Å². The minimum absolute atomic E-state index is 0.112. The Morgan fingerprint density at radius 2 is 1.75 bits per heavy atom. The summed E-state index contributed by atoms with van der Waals surface area (Å²) in [6.07, 6.45) is 9.79. The highest BCUT2D eigenvalue weighted by atomic mass is 19.1. The van der Waals surface area contributed by atoms with Crippen molar-refractivity contribution < 1.29 is 14.6 Å². The average Bonchev–Trinajstić information content (AvgIpc) is 2.68. The van der Waals surface area contributed by atoms with E-state index in [4.69, 9.17) is 0 Å². The van der Waals surface area contributed by atoms with Crippen LogP contribution in [-0.2, 0) is 0 Å². The van der Waals surface area contributed by atoms with Crippen molar-refractivity contribution in [2.24, 2.45) is 0 Å². The minimum Gasteiger partial charge on any atom is -0.508 e. The van der Waals surface area contributed by atoms with E-state index in [0.29, 0.717) is 17.0 Å². The van der Waals surface area contributed by atoms with Crippen LogP contribution in [0.1, 0.15) is 31.7 Å². The molecule has 4 nitrogen and oxygen atoms in total. The first-order valence-corrected chi connectivity index (χ1v) is 9.29. The zero-order valence-corrected chi connectivity index (χ0v) is 15.7. The maximum Gasteiger partial charge on any atom is 0.159 e. The van der Waals surface area contributed by atoms with E-state index in [9.17, 15) is 14.6 Å². The first-order chi connectivity index (χ1) is 13.5. The lowest BCUT2D eigenvalue weighted by atomic mass is 9.98. The zero-order chi connectivity index (χ0) is 19.9. The van der Waals surface area contributed by atoms with E-state index in [1.807, 2.05) is 36.4 Å². The van der Waals surface area contributed by atoms with Crippen LogP contribution in [-0.4, -0.2) is 26.3 Å². The highest BCUT2D eigenvalue weighted by Gasteiger charge is 2.13. The molecule has 1 atom stereocenters. The van der Waals surface area contributed by atoms with E-state index < -0.39 is 5.82 Å². The van der Waals surface area contributed by atoms with Gasteiger partial charge in [0.25, 0.3) is 0 Å². The number of aliphatic hydroxyl groups is 1. The Bertz CT molecular complexity index is 953. The molecule has 0 saturated heterocycles. The number of rotatable bonds is 7. The molecule has 0 bridgehead atoms. The minimum atomic E-state index is -0.496. The average molecular weight is 378 g/mol. The Morgan fingerprint density at radius 1 is 1.04 bits per heavy atom. The van der Waals surface area contributed by atoms with Crippen LogP contribution in [0.4, 0.5) is 4.39 Å². The highest BCUT2D eigenvalue weighted by molar-refractivity contribution is 5.81. The second kappa shape index (κ2) is 9.24. The smallest absolute Gasteiger partial charge is 0.159 e. The fraction of sp³-hybridized carbons (Fsp3) is 0.217. The van der Waals surface area contributed by atoms with Gasteiger partial charge >= 0.3 is 0 Å². The van der Waals surface area contributed by atoms with E-state index in [0.717, 1.165) is 36.5 Å². The molecule has 1 heterocycles. The van der Waals surface area contributed by atoms with E-state index in [-0.39, 0.29) is 11.9 Å². The van der Waals surface area contributed by atoms with E-state index in [1.54, 1.807) is 25.4 Å². The summed E-state index contributed by atoms with van der Waals surface area (Å²) in [5.41, 5.74) is 2.66. The normalized spacial score (nSPS) is 12.4. The molecule has 3 rings (SSSR count). The van der Waals surface area contributed by atoms with Gasteiger partial charge in [0.15, 0.2) is 5.82 Å². The van der Waals surface area contributed by atoms with Crippen molar-refractivity contribution in [1.82, 2.24) is 9.97 Å². The summed E-state index contributed by atoms with van der Waals surface area (Å²) in [6, 6.07) is 11.5. The number of aromatic nitrogens is 2. The molecule has 5 heteroatoms. The Morgan fingerprint density at radius 3 is 2.43 bits per heavy atom. The molecule has 0 aliphatic carbocycles. The summed E-state index contributed by atoms with van der Waals surface area (Å²) in [5, 5.41) is 18.7. The Labute approximate surface area is 164 Å². The number of hydrogen-bond donors (Lipinski definition) is 2. The first-order valence-electron chi connectivity index (χ1n) is 9.29. The van der Waals surface area contributed by atoms with Gasteiger partial charge in [0.05, 0.1) is 6.10 Å². The van der Waals surface area contributed by atoms with Gasteiger partial charge in [-0.05, 0) is 43.9 Å². The van der Waals surface area contributed by atoms with Crippen LogP contribution in [0.25, 0.3) is 28.6 Å². The van der Waals surface area contributed by atoms with Crippen molar-refractivity contribution in [3.8, 4) is 28.3 Å². The molecule has 28 heavy (non-hydrogen) atoms. The number of benzene rings is 2. The summed E-state index contributed by atoms with van der Waals surface area (Å²) in [4.78, 5) is 8.87. The van der Waals surface area contributed by atoms with Crippen molar-refractivity contribution in [1.29, 1.82) is 0 Å². The molecule has 3 aromatic rings. The Kier molecular flexibility index (Phi) is 6.50. The molecule has 0 spiro atoms. The molecule has 0 radical (unpaired) electrons. The third kappa shape index (κ3) is 5.02. The summed E-state index contributed by atoms with van der Waals surface area (Å²) in [5.74, 6) is -0.0990. The molecular weight excluding hydrogens is 355 g/mol. The van der Waals surface area contributed by atoms with Gasteiger partial charge in [-0.25, -0.2) is 14.4 Å². The fourth-order valence-electron chi connectivity index (χ4n) is 2.95. The molecular formula is C23H23FN2O2. The van der Waals surface area contributed by atoms with Crippen molar-refractivity contribution in [3.63, 3.8) is 0 Å². The SMILES string of the molecule is CC(O)CCCC=Cc1cnc(-c2ccccc2-c2ccc(O)cc2F)nc1. The molecule has 0 amide bonds. The van der Waals surface area contributed by atoms with Gasteiger partial charge in [-0.3, -0.25) is 0 Å². The molecule has 1 unspecified atom stereocenters. The van der Waals surface area contributed by atoms with Gasteiger partial charge in [0.2, 0.25) is 0 Å². The maximum absolute atomic E-state index is 14.3. The zero-order valence-electron chi connectivity index (χ0n) is 15.7. The summed E-state index contributed by atoms with van der Waals surface area (Å²) in [6.45, 7) is 1.79. The summed E-state index contributed by atoms with van der Waals surface area (Å²) in [7, 11) is 0. The van der Waals surface area contributed by atoms with E-state index >= 15 is 0 Å². The molecule has 0 saturated carbocycles. The van der Waals surface area contributed by atoms with Gasteiger partial charge < -0.3 is 10.2 Å². The highest BCUT2D eigenvalue weighted by Crippen LogP contribution is 2.33. The molecule has 2 N–H and O–H groups in total. The van der Waals surface area contributed by atoms with Gasteiger partial charge in [-0.15, -0.1) is 0 Å².